The molecule has 0 saturated heterocycles. The Bertz CT molecular complexity index is 1400. The first-order chi connectivity index (χ1) is 17.5. The van der Waals surface area contributed by atoms with E-state index < -0.39 is 11.6 Å². The number of rotatable bonds is 7. The largest absolute Gasteiger partial charge is 0.458 e. The van der Waals surface area contributed by atoms with Crippen LogP contribution in [0.5, 0.6) is 0 Å². The van der Waals surface area contributed by atoms with Gasteiger partial charge < -0.3 is 9.73 Å². The van der Waals surface area contributed by atoms with Crippen LogP contribution in [0.2, 0.25) is 0 Å². The van der Waals surface area contributed by atoms with Crippen LogP contribution in [-0.4, -0.2) is 42.5 Å². The molecule has 2 amide bonds. The normalized spacial score (nSPS) is 12.3. The molecule has 10 heteroatoms. The zero-order chi connectivity index (χ0) is 26.7. The highest BCUT2D eigenvalue weighted by molar-refractivity contribution is 6.02. The van der Waals surface area contributed by atoms with E-state index in [1.54, 1.807) is 36.7 Å². The van der Waals surface area contributed by atoms with Gasteiger partial charge in [0.1, 0.15) is 18.3 Å². The van der Waals surface area contributed by atoms with E-state index in [9.17, 15) is 9.59 Å². The number of anilines is 1. The molecule has 1 N–H and O–H groups in total. The summed E-state index contributed by atoms with van der Waals surface area (Å²) in [6, 6.07) is 11.9. The number of tetrazole rings is 1. The molecule has 1 aromatic carbocycles. The molecule has 4 rings (SSSR count). The molecule has 0 aliphatic carbocycles. The molecule has 10 nitrogen and oxygen atoms in total. The van der Waals surface area contributed by atoms with Crippen LogP contribution in [0.4, 0.5) is 5.69 Å². The first kappa shape index (κ1) is 25.7. The van der Waals surface area contributed by atoms with Crippen LogP contribution in [0.25, 0.3) is 11.6 Å². The smallest absolute Gasteiger partial charge is 0.251 e. The van der Waals surface area contributed by atoms with Crippen molar-refractivity contribution in [2.45, 2.75) is 59.7 Å². The first-order valence-electron chi connectivity index (χ1n) is 12.0. The average molecular weight is 502 g/mol. The Morgan fingerprint density at radius 3 is 2.43 bits per heavy atom. The molecule has 0 aliphatic rings. The van der Waals surface area contributed by atoms with Crippen LogP contribution in [0.15, 0.2) is 59.3 Å². The average Bonchev–Trinajstić information content (AvgIpc) is 3.47. The lowest BCUT2D eigenvalue weighted by atomic mass is 10.00. The number of aromatic nitrogens is 5. The number of furan rings is 1. The second kappa shape index (κ2) is 10.3. The number of hydrogen-bond donors (Lipinski definition) is 1. The maximum Gasteiger partial charge on any atom is 0.251 e. The van der Waals surface area contributed by atoms with Crippen molar-refractivity contribution < 1.29 is 14.0 Å². The van der Waals surface area contributed by atoms with Crippen LogP contribution in [0.1, 0.15) is 49.3 Å². The molecule has 1 atom stereocenters. The fraction of sp³-hybridized carbons (Fsp3) is 0.333. The van der Waals surface area contributed by atoms with E-state index in [0.29, 0.717) is 22.8 Å². The predicted octanol–water partition coefficient (Wildman–Crippen LogP) is 3.94. The lowest BCUT2D eigenvalue weighted by molar-refractivity contribution is -0.128. The van der Waals surface area contributed by atoms with Crippen molar-refractivity contribution in [3.05, 3.63) is 77.3 Å². The molecule has 37 heavy (non-hydrogen) atoms. The van der Waals surface area contributed by atoms with E-state index in [2.05, 4.69) is 25.7 Å². The third kappa shape index (κ3) is 6.08. The van der Waals surface area contributed by atoms with Gasteiger partial charge in [-0.2, -0.15) is 4.80 Å². The van der Waals surface area contributed by atoms with E-state index in [1.165, 1.54) is 9.70 Å². The van der Waals surface area contributed by atoms with Crippen LogP contribution in [0, 0.1) is 20.8 Å². The van der Waals surface area contributed by atoms with Crippen molar-refractivity contribution in [2.24, 2.45) is 0 Å². The summed E-state index contributed by atoms with van der Waals surface area (Å²) in [5, 5.41) is 15.4. The molecule has 0 saturated carbocycles. The summed E-state index contributed by atoms with van der Waals surface area (Å²) in [4.78, 5) is 34.5. The minimum Gasteiger partial charge on any atom is -0.458 e. The van der Waals surface area contributed by atoms with Crippen molar-refractivity contribution in [1.82, 2.24) is 30.5 Å². The SMILES string of the molecule is Cc1ccc(C)c(N(C(=O)Cn2nnc(-c3ccc(C)o3)n2)[C@H](C(=O)NC(C)(C)C)c2ccncc2)c1. The molecule has 4 aromatic rings. The third-order valence-electron chi connectivity index (χ3n) is 5.61. The Labute approximate surface area is 215 Å². The molecule has 3 aromatic heterocycles. The van der Waals surface area contributed by atoms with Crippen molar-refractivity contribution in [3.8, 4) is 11.6 Å². The van der Waals surface area contributed by atoms with Gasteiger partial charge in [-0.05, 0) is 93.8 Å². The van der Waals surface area contributed by atoms with Crippen LogP contribution in [0.3, 0.4) is 0 Å². The van der Waals surface area contributed by atoms with E-state index in [0.717, 1.165) is 11.1 Å². The molecular weight excluding hydrogens is 470 g/mol. The first-order valence-corrected chi connectivity index (χ1v) is 12.0. The van der Waals surface area contributed by atoms with Crippen molar-refractivity contribution in [2.75, 3.05) is 4.90 Å². The van der Waals surface area contributed by atoms with Gasteiger partial charge in [0.2, 0.25) is 11.7 Å². The number of carbonyl (C=O) groups excluding carboxylic acids is 2. The fourth-order valence-electron chi connectivity index (χ4n) is 3.96. The topological polar surface area (TPSA) is 119 Å². The number of carbonyl (C=O) groups is 2. The highest BCUT2D eigenvalue weighted by Gasteiger charge is 2.35. The molecule has 0 aliphatic heterocycles. The second-order valence-corrected chi connectivity index (χ2v) is 10.0. The van der Waals surface area contributed by atoms with Gasteiger partial charge in [0.25, 0.3) is 5.91 Å². The summed E-state index contributed by atoms with van der Waals surface area (Å²) in [6.45, 7) is 11.1. The summed E-state index contributed by atoms with van der Waals surface area (Å²) < 4.78 is 5.57. The van der Waals surface area contributed by atoms with Gasteiger partial charge in [0.15, 0.2) is 5.76 Å². The zero-order valence-corrected chi connectivity index (χ0v) is 21.9. The molecule has 0 radical (unpaired) electrons. The molecule has 0 spiro atoms. The monoisotopic (exact) mass is 501 g/mol. The highest BCUT2D eigenvalue weighted by atomic mass is 16.3. The van der Waals surface area contributed by atoms with Crippen molar-refractivity contribution >= 4 is 17.5 Å². The molecule has 0 fully saturated rings. The minimum atomic E-state index is -0.953. The van der Waals surface area contributed by atoms with E-state index >= 15 is 0 Å². The van der Waals surface area contributed by atoms with E-state index in [-0.39, 0.29) is 24.2 Å². The van der Waals surface area contributed by atoms with Crippen LogP contribution in [-0.2, 0) is 16.1 Å². The molecule has 192 valence electrons. The van der Waals surface area contributed by atoms with Gasteiger partial charge in [0, 0.05) is 23.6 Å². The lowest BCUT2D eigenvalue weighted by Gasteiger charge is -2.34. The summed E-state index contributed by atoms with van der Waals surface area (Å²) in [7, 11) is 0. The van der Waals surface area contributed by atoms with Crippen LogP contribution < -0.4 is 10.2 Å². The summed E-state index contributed by atoms with van der Waals surface area (Å²) in [6.07, 6.45) is 3.21. The standard InChI is InChI=1S/C27H31N7O3/c1-17-7-8-18(2)21(15-17)34(24(20-11-13-28-14-12-20)26(36)29-27(4,5)6)23(35)16-33-31-25(30-32-33)22-10-9-19(3)37-22/h7-15,24H,16H2,1-6H3,(H,29,36)/t24-/m0/s1. The summed E-state index contributed by atoms with van der Waals surface area (Å²) >= 11 is 0. The second-order valence-electron chi connectivity index (χ2n) is 10.0. The summed E-state index contributed by atoms with van der Waals surface area (Å²) in [5.41, 5.74) is 2.54. The molecule has 0 unspecified atom stereocenters. The van der Waals surface area contributed by atoms with Gasteiger partial charge in [-0.25, -0.2) is 0 Å². The number of pyridine rings is 1. The lowest BCUT2D eigenvalue weighted by Crippen LogP contribution is -2.50. The number of nitrogens with zero attached hydrogens (tertiary/aromatic N) is 6. The third-order valence-corrected chi connectivity index (χ3v) is 5.61. The van der Waals surface area contributed by atoms with Crippen LogP contribution >= 0.6 is 0 Å². The Hall–Kier alpha value is -4.34. The Morgan fingerprint density at radius 2 is 1.78 bits per heavy atom. The van der Waals surface area contributed by atoms with Gasteiger partial charge in [-0.15, -0.1) is 10.2 Å². The number of nitrogens with one attached hydrogen (secondary N) is 1. The highest BCUT2D eigenvalue weighted by Crippen LogP contribution is 2.32. The molecule has 3 heterocycles. The number of aryl methyl sites for hydroxylation is 3. The van der Waals surface area contributed by atoms with Gasteiger partial charge in [-0.3, -0.25) is 19.5 Å². The van der Waals surface area contributed by atoms with E-state index in [1.807, 2.05) is 59.7 Å². The number of hydrogen-bond acceptors (Lipinski definition) is 7. The fourth-order valence-corrected chi connectivity index (χ4v) is 3.96. The number of amides is 2. The maximum atomic E-state index is 14.0. The Kier molecular flexibility index (Phi) is 7.19. The zero-order valence-electron chi connectivity index (χ0n) is 21.9. The Balaban J connectivity index is 1.77. The van der Waals surface area contributed by atoms with Crippen molar-refractivity contribution in [3.63, 3.8) is 0 Å². The minimum absolute atomic E-state index is 0.232. The van der Waals surface area contributed by atoms with Gasteiger partial charge in [0.05, 0.1) is 0 Å². The number of benzene rings is 1. The quantitative estimate of drug-likeness (QED) is 0.407. The van der Waals surface area contributed by atoms with Gasteiger partial charge in [-0.1, -0.05) is 12.1 Å². The molecular formula is C27H31N7O3. The van der Waals surface area contributed by atoms with Gasteiger partial charge >= 0.3 is 0 Å². The maximum absolute atomic E-state index is 14.0. The predicted molar refractivity (Wildman–Crippen MR) is 139 cm³/mol. The van der Waals surface area contributed by atoms with E-state index in [4.69, 9.17) is 4.42 Å². The van der Waals surface area contributed by atoms with Crippen molar-refractivity contribution in [1.29, 1.82) is 0 Å². The molecule has 0 bridgehead atoms. The Morgan fingerprint density at radius 1 is 1.05 bits per heavy atom. The summed E-state index contributed by atoms with van der Waals surface area (Å²) in [5.74, 6) is 0.760.